The quantitative estimate of drug-likeness (QED) is 0.891. The van der Waals surface area contributed by atoms with E-state index in [1.807, 2.05) is 0 Å². The summed E-state index contributed by atoms with van der Waals surface area (Å²) in [5.41, 5.74) is 5.98. The number of nitrogens with one attached hydrogen (secondary N) is 1. The van der Waals surface area contributed by atoms with E-state index < -0.39 is 0 Å². The van der Waals surface area contributed by atoms with Crippen LogP contribution in [0.25, 0.3) is 0 Å². The number of nitrogens with zero attached hydrogens (tertiary/aromatic N) is 3. The Labute approximate surface area is 116 Å². The van der Waals surface area contributed by atoms with Gasteiger partial charge in [-0.15, -0.1) is 0 Å². The van der Waals surface area contributed by atoms with E-state index in [9.17, 15) is 0 Å². The predicted octanol–water partition coefficient (Wildman–Crippen LogP) is 2.11. The van der Waals surface area contributed by atoms with Gasteiger partial charge in [0, 0.05) is 12.1 Å². The summed E-state index contributed by atoms with van der Waals surface area (Å²) in [5.74, 6) is 1.24. The first kappa shape index (κ1) is 13.5. The summed E-state index contributed by atoms with van der Waals surface area (Å²) in [6.45, 7) is 0.884. The number of hydrogen-bond donors (Lipinski definition) is 2. The van der Waals surface area contributed by atoms with E-state index >= 15 is 0 Å². The third-order valence-electron chi connectivity index (χ3n) is 3.88. The molecule has 18 heavy (non-hydrogen) atoms. The number of nitrogens with two attached hydrogens (primary N) is 1. The molecule has 100 valence electrons. The molecule has 0 aromatic carbocycles. The summed E-state index contributed by atoms with van der Waals surface area (Å²) >= 11 is 3.42. The number of likely N-dealkylation sites (N-methyl/N-ethyl adjacent to an activating group) is 1. The maximum absolute atomic E-state index is 5.75. The lowest BCUT2D eigenvalue weighted by Gasteiger charge is -2.36. The minimum Gasteiger partial charge on any atom is -0.383 e. The minimum atomic E-state index is 0.235. The molecule has 1 aromatic heterocycles. The van der Waals surface area contributed by atoms with Gasteiger partial charge in [0.15, 0.2) is 0 Å². The molecule has 0 amide bonds. The first-order valence-electron chi connectivity index (χ1n) is 6.22. The third-order valence-corrected chi connectivity index (χ3v) is 4.67. The highest BCUT2D eigenvalue weighted by molar-refractivity contribution is 9.10. The molecular formula is C12H20BrN5. The predicted molar refractivity (Wildman–Crippen MR) is 77.5 cm³/mol. The van der Waals surface area contributed by atoms with Crippen molar-refractivity contribution in [2.75, 3.05) is 31.7 Å². The lowest BCUT2D eigenvalue weighted by molar-refractivity contribution is 0.172. The lowest BCUT2D eigenvalue weighted by atomic mass is 9.96. The number of nitrogen functional groups attached to an aromatic ring is 1. The molecule has 1 heterocycles. The van der Waals surface area contributed by atoms with E-state index in [0.717, 1.165) is 16.8 Å². The standard InChI is InChI=1S/C12H20BrN5/c1-18(2)12(5-3-4-6-12)7-15-11-9(13)10(14)16-8-17-11/h8H,3-7H2,1-2H3,(H3,14,15,16,17). The maximum Gasteiger partial charge on any atom is 0.146 e. The highest BCUT2D eigenvalue weighted by Crippen LogP contribution is 2.34. The third kappa shape index (κ3) is 2.59. The van der Waals surface area contributed by atoms with Gasteiger partial charge in [-0.25, -0.2) is 9.97 Å². The fourth-order valence-electron chi connectivity index (χ4n) is 2.57. The van der Waals surface area contributed by atoms with Crippen LogP contribution in [0.2, 0.25) is 0 Å². The van der Waals surface area contributed by atoms with Crippen molar-refractivity contribution in [3.05, 3.63) is 10.8 Å². The molecule has 1 aromatic rings. The van der Waals surface area contributed by atoms with Crippen molar-refractivity contribution >= 4 is 27.6 Å². The van der Waals surface area contributed by atoms with Crippen LogP contribution >= 0.6 is 15.9 Å². The van der Waals surface area contributed by atoms with Crippen LogP contribution in [0.3, 0.4) is 0 Å². The second-order valence-corrected chi connectivity index (χ2v) is 5.89. The van der Waals surface area contributed by atoms with Gasteiger partial charge in [-0.3, -0.25) is 0 Å². The Morgan fingerprint density at radius 3 is 2.67 bits per heavy atom. The molecule has 0 aliphatic heterocycles. The minimum absolute atomic E-state index is 0.235. The molecular weight excluding hydrogens is 294 g/mol. The average Bonchev–Trinajstić information content (AvgIpc) is 2.81. The molecule has 0 spiro atoms. The highest BCUT2D eigenvalue weighted by Gasteiger charge is 2.35. The number of hydrogen-bond acceptors (Lipinski definition) is 5. The Kier molecular flexibility index (Phi) is 4.07. The van der Waals surface area contributed by atoms with Crippen molar-refractivity contribution in [1.82, 2.24) is 14.9 Å². The van der Waals surface area contributed by atoms with Crippen LogP contribution in [0, 0.1) is 0 Å². The van der Waals surface area contributed by atoms with E-state index in [2.05, 4.69) is 50.2 Å². The molecule has 0 bridgehead atoms. The van der Waals surface area contributed by atoms with Gasteiger partial charge in [-0.1, -0.05) is 12.8 Å². The van der Waals surface area contributed by atoms with Gasteiger partial charge in [-0.2, -0.15) is 0 Å². The molecule has 3 N–H and O–H groups in total. The Morgan fingerprint density at radius 1 is 1.39 bits per heavy atom. The first-order valence-corrected chi connectivity index (χ1v) is 7.02. The second-order valence-electron chi connectivity index (χ2n) is 5.10. The molecule has 6 heteroatoms. The van der Waals surface area contributed by atoms with Gasteiger partial charge in [0.2, 0.25) is 0 Å². The van der Waals surface area contributed by atoms with Crippen LogP contribution < -0.4 is 11.1 Å². The van der Waals surface area contributed by atoms with Gasteiger partial charge >= 0.3 is 0 Å². The van der Waals surface area contributed by atoms with Crippen LogP contribution in [0.1, 0.15) is 25.7 Å². The zero-order valence-corrected chi connectivity index (χ0v) is 12.5. The van der Waals surface area contributed by atoms with Crippen molar-refractivity contribution in [1.29, 1.82) is 0 Å². The molecule has 0 saturated heterocycles. The molecule has 1 aliphatic rings. The van der Waals surface area contributed by atoms with Gasteiger partial charge in [0.1, 0.15) is 22.4 Å². The monoisotopic (exact) mass is 313 g/mol. The van der Waals surface area contributed by atoms with E-state index in [1.165, 1.54) is 32.0 Å². The van der Waals surface area contributed by atoms with Crippen LogP contribution in [0.4, 0.5) is 11.6 Å². The zero-order chi connectivity index (χ0) is 13.2. The van der Waals surface area contributed by atoms with Gasteiger partial charge in [0.05, 0.1) is 0 Å². The van der Waals surface area contributed by atoms with Crippen molar-refractivity contribution in [2.24, 2.45) is 0 Å². The summed E-state index contributed by atoms with van der Waals surface area (Å²) < 4.78 is 0.747. The fraction of sp³-hybridized carbons (Fsp3) is 0.667. The topological polar surface area (TPSA) is 67.1 Å². The molecule has 0 unspecified atom stereocenters. The Balaban J connectivity index is 2.08. The molecule has 2 rings (SSSR count). The Bertz CT molecular complexity index is 415. The molecule has 0 radical (unpaired) electrons. The summed E-state index contributed by atoms with van der Waals surface area (Å²) in [4.78, 5) is 10.5. The van der Waals surface area contributed by atoms with Crippen molar-refractivity contribution in [2.45, 2.75) is 31.2 Å². The normalized spacial score (nSPS) is 18.2. The van der Waals surface area contributed by atoms with E-state index in [-0.39, 0.29) is 5.54 Å². The zero-order valence-electron chi connectivity index (χ0n) is 10.9. The SMILES string of the molecule is CN(C)C1(CNc2ncnc(N)c2Br)CCCC1. The van der Waals surface area contributed by atoms with E-state index in [0.29, 0.717) is 5.82 Å². The molecule has 1 saturated carbocycles. The molecule has 5 nitrogen and oxygen atoms in total. The number of halogens is 1. The first-order chi connectivity index (χ1) is 8.55. The van der Waals surface area contributed by atoms with E-state index in [1.54, 1.807) is 0 Å². The maximum atomic E-state index is 5.75. The van der Waals surface area contributed by atoms with Crippen LogP contribution in [0.5, 0.6) is 0 Å². The number of anilines is 2. The molecule has 1 aliphatic carbocycles. The largest absolute Gasteiger partial charge is 0.383 e. The summed E-state index contributed by atoms with van der Waals surface area (Å²) in [7, 11) is 4.30. The smallest absolute Gasteiger partial charge is 0.146 e. The lowest BCUT2D eigenvalue weighted by Crippen LogP contribution is -2.47. The molecule has 1 fully saturated rings. The summed E-state index contributed by atoms with van der Waals surface area (Å²) in [6, 6.07) is 0. The summed E-state index contributed by atoms with van der Waals surface area (Å²) in [6.07, 6.45) is 6.54. The van der Waals surface area contributed by atoms with Crippen LogP contribution in [0.15, 0.2) is 10.8 Å². The Morgan fingerprint density at radius 2 is 2.06 bits per heavy atom. The van der Waals surface area contributed by atoms with E-state index in [4.69, 9.17) is 5.73 Å². The fourth-order valence-corrected chi connectivity index (χ4v) is 2.92. The van der Waals surface area contributed by atoms with Crippen molar-refractivity contribution < 1.29 is 0 Å². The molecule has 0 atom stereocenters. The average molecular weight is 314 g/mol. The van der Waals surface area contributed by atoms with Crippen LogP contribution in [-0.4, -0.2) is 41.0 Å². The van der Waals surface area contributed by atoms with Crippen LogP contribution in [-0.2, 0) is 0 Å². The van der Waals surface area contributed by atoms with Gasteiger partial charge in [0.25, 0.3) is 0 Å². The highest BCUT2D eigenvalue weighted by atomic mass is 79.9. The second kappa shape index (κ2) is 5.40. The number of rotatable bonds is 4. The van der Waals surface area contributed by atoms with Crippen molar-refractivity contribution in [3.63, 3.8) is 0 Å². The van der Waals surface area contributed by atoms with Crippen molar-refractivity contribution in [3.8, 4) is 0 Å². The van der Waals surface area contributed by atoms with Gasteiger partial charge < -0.3 is 16.0 Å². The summed E-state index contributed by atoms with van der Waals surface area (Å²) in [5, 5.41) is 3.40. The van der Waals surface area contributed by atoms with Gasteiger partial charge in [-0.05, 0) is 42.9 Å². The number of aromatic nitrogens is 2. The Hall–Kier alpha value is -0.880.